The minimum atomic E-state index is -4.84. The van der Waals surface area contributed by atoms with Gasteiger partial charge >= 0.3 is 12.5 Å². The first-order valence-corrected chi connectivity index (χ1v) is 12.8. The van der Waals surface area contributed by atoms with Crippen LogP contribution in [0.3, 0.4) is 0 Å². The molecule has 10 heteroatoms. The molecule has 2 atom stereocenters. The van der Waals surface area contributed by atoms with Crippen molar-refractivity contribution in [2.24, 2.45) is 0 Å². The Kier molecular flexibility index (Phi) is 7.86. The van der Waals surface area contributed by atoms with Gasteiger partial charge in [-0.3, -0.25) is 0 Å². The molecule has 0 aromatic heterocycles. The largest absolute Gasteiger partial charge is 0.573 e. The summed E-state index contributed by atoms with van der Waals surface area (Å²) in [6, 6.07) is 28.9. The molecule has 1 N–H and O–H groups in total. The molecule has 214 valence electrons. The molecule has 0 amide bonds. The minimum Gasteiger partial charge on any atom is -0.406 e. The van der Waals surface area contributed by atoms with Crippen LogP contribution in [0.15, 0.2) is 103 Å². The Labute approximate surface area is 233 Å². The van der Waals surface area contributed by atoms with E-state index in [1.807, 2.05) is 59.5 Å². The molecule has 0 fully saturated rings. The third-order valence-corrected chi connectivity index (χ3v) is 6.93. The maximum atomic E-state index is 13.5. The number of rotatable bonds is 7. The van der Waals surface area contributed by atoms with E-state index in [-0.39, 0.29) is 18.8 Å². The molecule has 4 nitrogen and oxygen atoms in total. The van der Waals surface area contributed by atoms with Gasteiger partial charge in [0.05, 0.1) is 24.0 Å². The predicted molar refractivity (Wildman–Crippen MR) is 145 cm³/mol. The van der Waals surface area contributed by atoms with Crippen molar-refractivity contribution in [2.75, 3.05) is 22.9 Å². The lowest BCUT2D eigenvalue weighted by atomic mass is 9.95. The highest BCUT2D eigenvalue weighted by atomic mass is 19.4. The number of aliphatic hydroxyl groups excluding tert-OH is 1. The van der Waals surface area contributed by atoms with Gasteiger partial charge in [-0.25, -0.2) is 0 Å². The molecule has 1 aliphatic heterocycles. The Hall–Kier alpha value is -4.18. The van der Waals surface area contributed by atoms with Gasteiger partial charge in [-0.1, -0.05) is 72.8 Å². The quantitative estimate of drug-likeness (QED) is 0.230. The number of halogens is 6. The van der Waals surface area contributed by atoms with Crippen molar-refractivity contribution in [1.29, 1.82) is 0 Å². The molecule has 1 aliphatic rings. The normalized spacial score (nSPS) is 16.3. The lowest BCUT2D eigenvalue weighted by molar-refractivity contribution is -0.274. The number of β-amino-alcohol motifs (C(OH)–C–C–N with tert-alkyl or cyclic N) is 1. The lowest BCUT2D eigenvalue weighted by Gasteiger charge is -2.46. The van der Waals surface area contributed by atoms with Crippen LogP contribution in [0.2, 0.25) is 0 Å². The third kappa shape index (κ3) is 6.77. The van der Waals surface area contributed by atoms with Crippen molar-refractivity contribution in [2.45, 2.75) is 31.2 Å². The van der Waals surface area contributed by atoms with Crippen molar-refractivity contribution < 1.29 is 36.2 Å². The second kappa shape index (κ2) is 11.4. The predicted octanol–water partition coefficient (Wildman–Crippen LogP) is 7.74. The average Bonchev–Trinajstić information content (AvgIpc) is 2.93. The molecule has 4 aromatic rings. The van der Waals surface area contributed by atoms with E-state index < -0.39 is 31.2 Å². The smallest absolute Gasteiger partial charge is 0.406 e. The zero-order valence-electron chi connectivity index (χ0n) is 21.6. The molecular weight excluding hydrogens is 546 g/mol. The number of hydrogen-bond acceptors (Lipinski definition) is 4. The molecule has 2 unspecified atom stereocenters. The number of aliphatic hydroxyl groups is 1. The fourth-order valence-corrected chi connectivity index (χ4v) is 5.12. The zero-order valence-corrected chi connectivity index (χ0v) is 21.6. The fraction of sp³-hybridized carbons (Fsp3) is 0.226. The molecule has 0 saturated heterocycles. The summed E-state index contributed by atoms with van der Waals surface area (Å²) in [6.45, 7) is -0.301. The molecule has 0 spiro atoms. The van der Waals surface area contributed by atoms with Gasteiger partial charge < -0.3 is 19.6 Å². The lowest BCUT2D eigenvalue weighted by Crippen LogP contribution is -2.49. The van der Waals surface area contributed by atoms with Gasteiger partial charge in [-0.15, -0.1) is 13.2 Å². The summed E-state index contributed by atoms with van der Waals surface area (Å²) < 4.78 is 83.1. The van der Waals surface area contributed by atoms with E-state index in [9.17, 15) is 31.4 Å². The fourth-order valence-electron chi connectivity index (χ4n) is 5.12. The van der Waals surface area contributed by atoms with Crippen LogP contribution in [-0.2, 0) is 6.54 Å². The van der Waals surface area contributed by atoms with Crippen LogP contribution in [0.25, 0.3) is 11.1 Å². The molecule has 0 aliphatic carbocycles. The Morgan fingerprint density at radius 3 is 2.12 bits per heavy atom. The van der Waals surface area contributed by atoms with Crippen molar-refractivity contribution in [3.8, 4) is 16.9 Å². The first kappa shape index (κ1) is 28.4. The van der Waals surface area contributed by atoms with E-state index in [1.54, 1.807) is 35.2 Å². The van der Waals surface area contributed by atoms with Crippen molar-refractivity contribution in [1.82, 2.24) is 0 Å². The molecule has 1 heterocycles. The second-order valence-corrected chi connectivity index (χ2v) is 9.78. The minimum absolute atomic E-state index is 0.177. The Morgan fingerprint density at radius 1 is 0.756 bits per heavy atom. The monoisotopic (exact) mass is 572 g/mol. The van der Waals surface area contributed by atoms with E-state index in [0.29, 0.717) is 16.9 Å². The maximum absolute atomic E-state index is 13.5. The summed E-state index contributed by atoms with van der Waals surface area (Å²) >= 11 is 0. The first-order chi connectivity index (χ1) is 19.5. The molecule has 41 heavy (non-hydrogen) atoms. The number of anilines is 2. The summed E-state index contributed by atoms with van der Waals surface area (Å²) in [5.41, 5.74) is 4.14. The molecule has 4 aromatic carbocycles. The third-order valence-electron chi connectivity index (χ3n) is 6.93. The van der Waals surface area contributed by atoms with E-state index in [4.69, 9.17) is 0 Å². The number of benzene rings is 4. The number of hydrogen-bond donors (Lipinski definition) is 1. The molecule has 0 saturated carbocycles. The van der Waals surface area contributed by atoms with Crippen molar-refractivity contribution in [3.63, 3.8) is 0 Å². The van der Waals surface area contributed by atoms with Crippen LogP contribution in [0.4, 0.5) is 37.7 Å². The number of nitrogens with zero attached hydrogens (tertiary/aromatic N) is 2. The van der Waals surface area contributed by atoms with Gasteiger partial charge in [0.2, 0.25) is 0 Å². The van der Waals surface area contributed by atoms with Gasteiger partial charge in [0, 0.05) is 13.1 Å². The van der Waals surface area contributed by atoms with Gasteiger partial charge in [0.1, 0.15) is 5.75 Å². The summed E-state index contributed by atoms with van der Waals surface area (Å²) in [7, 11) is 0. The molecule has 5 rings (SSSR count). The van der Waals surface area contributed by atoms with E-state index in [0.717, 1.165) is 16.7 Å². The average molecular weight is 573 g/mol. The van der Waals surface area contributed by atoms with Gasteiger partial charge in [0.15, 0.2) is 6.10 Å². The summed E-state index contributed by atoms with van der Waals surface area (Å²) in [4.78, 5) is 3.47. The van der Waals surface area contributed by atoms with Crippen molar-refractivity contribution >= 4 is 11.4 Å². The second-order valence-electron chi connectivity index (χ2n) is 9.78. The van der Waals surface area contributed by atoms with Crippen LogP contribution in [0, 0.1) is 0 Å². The number of fused-ring (bicyclic) bond motifs is 1. The van der Waals surface area contributed by atoms with Gasteiger partial charge in [0.25, 0.3) is 0 Å². The summed E-state index contributed by atoms with van der Waals surface area (Å²) in [5.74, 6) is -0.359. The SMILES string of the molecule is OC(CN1c2ccccc2N(Cc2cccc(OC(F)(F)F)c2)CC1c1cccc(-c2ccccc2)c1)C(F)(F)F. The highest BCUT2D eigenvalue weighted by Gasteiger charge is 2.42. The van der Waals surface area contributed by atoms with Crippen LogP contribution in [0.1, 0.15) is 17.2 Å². The van der Waals surface area contributed by atoms with Gasteiger partial charge in [-0.05, 0) is 52.6 Å². The standard InChI is InChI=1S/C31H26F6N2O2/c32-30(33,34)29(40)20-39-27-15-5-4-14-26(27)38(18-21-8-6-13-25(16-21)41-31(35,36)37)19-28(39)24-12-7-11-23(17-24)22-9-2-1-3-10-22/h1-17,28-29,40H,18-20H2. The van der Waals surface area contributed by atoms with Crippen LogP contribution in [-0.4, -0.2) is 36.8 Å². The highest BCUT2D eigenvalue weighted by Crippen LogP contribution is 2.43. The van der Waals surface area contributed by atoms with E-state index in [1.165, 1.54) is 18.2 Å². The van der Waals surface area contributed by atoms with Crippen molar-refractivity contribution in [3.05, 3.63) is 114 Å². The van der Waals surface area contributed by atoms with Crippen LogP contribution < -0.4 is 14.5 Å². The Morgan fingerprint density at radius 2 is 1.41 bits per heavy atom. The summed E-state index contributed by atoms with van der Waals surface area (Å²) in [6.07, 6.45) is -12.2. The first-order valence-electron chi connectivity index (χ1n) is 12.8. The van der Waals surface area contributed by atoms with Crippen LogP contribution >= 0.6 is 0 Å². The van der Waals surface area contributed by atoms with Gasteiger partial charge in [-0.2, -0.15) is 13.2 Å². The molecule has 0 bridgehead atoms. The highest BCUT2D eigenvalue weighted by molar-refractivity contribution is 5.75. The Bertz CT molecular complexity index is 1480. The number of para-hydroxylation sites is 2. The Balaban J connectivity index is 1.55. The van der Waals surface area contributed by atoms with E-state index in [2.05, 4.69) is 4.74 Å². The number of alkyl halides is 6. The maximum Gasteiger partial charge on any atom is 0.573 e. The zero-order chi connectivity index (χ0) is 29.2. The molecule has 0 radical (unpaired) electrons. The topological polar surface area (TPSA) is 35.9 Å². The number of ether oxygens (including phenoxy) is 1. The molecular formula is C31H26F6N2O2. The van der Waals surface area contributed by atoms with E-state index >= 15 is 0 Å². The summed E-state index contributed by atoms with van der Waals surface area (Å²) in [5, 5.41) is 10.1. The van der Waals surface area contributed by atoms with Crippen LogP contribution in [0.5, 0.6) is 5.75 Å².